The fraction of sp³-hybridized carbons (Fsp3) is 0.654. The third-order valence-corrected chi connectivity index (χ3v) is 7.78. The van der Waals surface area contributed by atoms with Gasteiger partial charge in [0.25, 0.3) is 0 Å². The van der Waals surface area contributed by atoms with Crippen molar-refractivity contribution in [1.29, 1.82) is 0 Å². The molecule has 3 aliphatic rings. The maximum absolute atomic E-state index is 13.8. The summed E-state index contributed by atoms with van der Waals surface area (Å²) in [5, 5.41) is 3.83. The van der Waals surface area contributed by atoms with E-state index in [-0.39, 0.29) is 11.5 Å². The van der Waals surface area contributed by atoms with Gasteiger partial charge >= 0.3 is 0 Å². The van der Waals surface area contributed by atoms with Gasteiger partial charge < -0.3 is 19.7 Å². The largest absolute Gasteiger partial charge is 0.379 e. The Morgan fingerprint density at radius 3 is 2.74 bits per heavy atom. The van der Waals surface area contributed by atoms with Crippen molar-refractivity contribution < 1.29 is 14.3 Å². The standard InChI is InChI=1S/C26H38N2O3/c1-19(2)26(13-9-22(17-26)27-23-12-16-31-18-24(23)30-3)25(29)28-14-10-21(11-15-28)20-7-5-4-6-8-20/h4-8,10,19,22-24,27H,9,11-18H2,1-3H3/t22-,23?,24-,26?/m1/s1. The van der Waals surface area contributed by atoms with Crippen molar-refractivity contribution in [3.63, 3.8) is 0 Å². The fourth-order valence-corrected chi connectivity index (χ4v) is 5.70. The SMILES string of the molecule is CO[C@@H]1COCCC1N[C@@H]1CCC(C(=O)N2CC=C(c3ccccc3)CC2)(C(C)C)C1. The second kappa shape index (κ2) is 9.85. The van der Waals surface area contributed by atoms with Crippen LogP contribution < -0.4 is 5.32 Å². The molecule has 1 aromatic rings. The van der Waals surface area contributed by atoms with Gasteiger partial charge in [-0.25, -0.2) is 0 Å². The third kappa shape index (κ3) is 4.74. The van der Waals surface area contributed by atoms with E-state index < -0.39 is 0 Å². The van der Waals surface area contributed by atoms with E-state index in [2.05, 4.69) is 60.5 Å². The molecule has 31 heavy (non-hydrogen) atoms. The molecule has 4 atom stereocenters. The van der Waals surface area contributed by atoms with E-state index in [1.54, 1.807) is 7.11 Å². The number of nitrogens with zero attached hydrogens (tertiary/aromatic N) is 1. The Labute approximate surface area is 187 Å². The Balaban J connectivity index is 1.41. The molecule has 1 aromatic carbocycles. The molecule has 1 amide bonds. The highest BCUT2D eigenvalue weighted by Crippen LogP contribution is 2.46. The first-order chi connectivity index (χ1) is 15.0. The molecule has 2 unspecified atom stereocenters. The van der Waals surface area contributed by atoms with Crippen LogP contribution in [0.4, 0.5) is 0 Å². The predicted molar refractivity (Wildman–Crippen MR) is 124 cm³/mol. The van der Waals surface area contributed by atoms with Gasteiger partial charge in [0.05, 0.1) is 18.1 Å². The van der Waals surface area contributed by atoms with Crippen molar-refractivity contribution in [3.8, 4) is 0 Å². The maximum Gasteiger partial charge on any atom is 0.229 e. The number of carbonyl (C=O) groups excluding carboxylic acids is 1. The highest BCUT2D eigenvalue weighted by molar-refractivity contribution is 5.84. The van der Waals surface area contributed by atoms with Gasteiger partial charge in [0, 0.05) is 38.9 Å². The number of nitrogens with one attached hydrogen (secondary N) is 1. The summed E-state index contributed by atoms with van der Waals surface area (Å²) >= 11 is 0. The number of carbonyl (C=O) groups is 1. The second-order valence-electron chi connectivity index (χ2n) is 9.76. The Kier molecular flexibility index (Phi) is 7.15. The summed E-state index contributed by atoms with van der Waals surface area (Å²) in [7, 11) is 1.76. The minimum absolute atomic E-state index is 0.0992. The van der Waals surface area contributed by atoms with Crippen LogP contribution in [0.3, 0.4) is 0 Å². The first-order valence-electron chi connectivity index (χ1n) is 11.9. The summed E-state index contributed by atoms with van der Waals surface area (Å²) in [6, 6.07) is 11.2. The molecular formula is C26H38N2O3. The van der Waals surface area contributed by atoms with E-state index >= 15 is 0 Å². The van der Waals surface area contributed by atoms with Crippen LogP contribution in [-0.2, 0) is 14.3 Å². The molecule has 0 bridgehead atoms. The van der Waals surface area contributed by atoms with E-state index in [4.69, 9.17) is 9.47 Å². The fourth-order valence-electron chi connectivity index (χ4n) is 5.70. The molecule has 0 aromatic heterocycles. The van der Waals surface area contributed by atoms with E-state index in [9.17, 15) is 4.79 Å². The Bertz CT molecular complexity index is 778. The molecule has 1 saturated carbocycles. The van der Waals surface area contributed by atoms with E-state index in [0.717, 1.165) is 51.8 Å². The molecule has 5 heteroatoms. The topological polar surface area (TPSA) is 50.8 Å². The minimum atomic E-state index is -0.260. The van der Waals surface area contributed by atoms with Crippen LogP contribution in [-0.4, -0.2) is 62.4 Å². The number of ether oxygens (including phenoxy) is 2. The second-order valence-corrected chi connectivity index (χ2v) is 9.76. The zero-order chi connectivity index (χ0) is 21.8. The highest BCUT2D eigenvalue weighted by Gasteiger charge is 2.49. The van der Waals surface area contributed by atoms with Gasteiger partial charge in [-0.05, 0) is 49.2 Å². The van der Waals surface area contributed by atoms with Crippen molar-refractivity contribution >= 4 is 11.5 Å². The molecule has 1 N–H and O–H groups in total. The maximum atomic E-state index is 13.8. The zero-order valence-electron chi connectivity index (χ0n) is 19.3. The number of rotatable bonds is 6. The zero-order valence-corrected chi connectivity index (χ0v) is 19.3. The number of amides is 1. The van der Waals surface area contributed by atoms with Gasteiger partial charge in [0.1, 0.15) is 0 Å². The number of benzene rings is 1. The lowest BCUT2D eigenvalue weighted by atomic mass is 9.74. The van der Waals surface area contributed by atoms with Crippen LogP contribution in [0.25, 0.3) is 5.57 Å². The Morgan fingerprint density at radius 2 is 2.06 bits per heavy atom. The van der Waals surface area contributed by atoms with Crippen molar-refractivity contribution in [2.24, 2.45) is 11.3 Å². The normalized spacial score (nSPS) is 31.7. The summed E-state index contributed by atoms with van der Waals surface area (Å²) in [6.07, 6.45) is 7.19. The van der Waals surface area contributed by atoms with Crippen LogP contribution in [0.2, 0.25) is 0 Å². The molecule has 2 aliphatic heterocycles. The highest BCUT2D eigenvalue weighted by atomic mass is 16.5. The predicted octanol–water partition coefficient (Wildman–Crippen LogP) is 3.89. The quantitative estimate of drug-likeness (QED) is 0.750. The molecule has 1 saturated heterocycles. The monoisotopic (exact) mass is 426 g/mol. The summed E-state index contributed by atoms with van der Waals surface area (Å²) in [4.78, 5) is 15.9. The van der Waals surface area contributed by atoms with Gasteiger partial charge in [-0.3, -0.25) is 4.79 Å². The van der Waals surface area contributed by atoms with Gasteiger partial charge in [-0.1, -0.05) is 50.3 Å². The molecule has 170 valence electrons. The smallest absolute Gasteiger partial charge is 0.229 e. The van der Waals surface area contributed by atoms with Crippen LogP contribution in [0.1, 0.15) is 51.5 Å². The van der Waals surface area contributed by atoms with Gasteiger partial charge in [-0.15, -0.1) is 0 Å². The average Bonchev–Trinajstić information content (AvgIpc) is 3.25. The summed E-state index contributed by atoms with van der Waals surface area (Å²) < 4.78 is 11.2. The molecule has 0 radical (unpaired) electrons. The van der Waals surface area contributed by atoms with Gasteiger partial charge in [0.2, 0.25) is 5.91 Å². The lowest BCUT2D eigenvalue weighted by Gasteiger charge is -2.39. The summed E-state index contributed by atoms with van der Waals surface area (Å²) in [5.41, 5.74) is 2.38. The Hall–Kier alpha value is -1.69. The number of hydrogen-bond donors (Lipinski definition) is 1. The Morgan fingerprint density at radius 1 is 1.26 bits per heavy atom. The van der Waals surface area contributed by atoms with Gasteiger partial charge in [-0.2, -0.15) is 0 Å². The van der Waals surface area contributed by atoms with Crippen LogP contribution in [0.15, 0.2) is 36.4 Å². The average molecular weight is 427 g/mol. The van der Waals surface area contributed by atoms with Crippen molar-refractivity contribution in [3.05, 3.63) is 42.0 Å². The lowest BCUT2D eigenvalue weighted by Crippen LogP contribution is -2.52. The summed E-state index contributed by atoms with van der Waals surface area (Å²) in [5.74, 6) is 0.685. The molecule has 2 fully saturated rings. The van der Waals surface area contributed by atoms with Crippen LogP contribution >= 0.6 is 0 Å². The van der Waals surface area contributed by atoms with Crippen molar-refractivity contribution in [2.75, 3.05) is 33.4 Å². The molecule has 4 rings (SSSR count). The van der Waals surface area contributed by atoms with Crippen LogP contribution in [0, 0.1) is 11.3 Å². The lowest BCUT2D eigenvalue weighted by molar-refractivity contribution is -0.144. The first-order valence-corrected chi connectivity index (χ1v) is 11.9. The number of methoxy groups -OCH3 is 1. The molecule has 5 nitrogen and oxygen atoms in total. The minimum Gasteiger partial charge on any atom is -0.379 e. The van der Waals surface area contributed by atoms with E-state index in [1.807, 2.05) is 0 Å². The van der Waals surface area contributed by atoms with E-state index in [0.29, 0.717) is 30.5 Å². The van der Waals surface area contributed by atoms with Crippen LogP contribution in [0.5, 0.6) is 0 Å². The van der Waals surface area contributed by atoms with Crippen molar-refractivity contribution in [1.82, 2.24) is 10.2 Å². The van der Waals surface area contributed by atoms with Crippen molar-refractivity contribution in [2.45, 2.75) is 64.1 Å². The molecule has 0 spiro atoms. The van der Waals surface area contributed by atoms with E-state index in [1.165, 1.54) is 11.1 Å². The van der Waals surface area contributed by atoms with Gasteiger partial charge in [0.15, 0.2) is 0 Å². The third-order valence-electron chi connectivity index (χ3n) is 7.78. The molecule has 2 heterocycles. The molecular weight excluding hydrogens is 388 g/mol. The number of hydrogen-bond acceptors (Lipinski definition) is 4. The molecule has 1 aliphatic carbocycles. The first kappa shape index (κ1) is 22.5. The summed E-state index contributed by atoms with van der Waals surface area (Å²) in [6.45, 7) is 7.42.